The molecule has 20 heavy (non-hydrogen) atoms. The summed E-state index contributed by atoms with van der Waals surface area (Å²) in [4.78, 5) is 27.7. The summed E-state index contributed by atoms with van der Waals surface area (Å²) in [6.07, 6.45) is 0. The monoisotopic (exact) mass is 320 g/mol. The minimum Gasteiger partial charge on any atom is -0.379 e. The van der Waals surface area contributed by atoms with Gasteiger partial charge in [-0.15, -0.1) is 0 Å². The van der Waals surface area contributed by atoms with Crippen molar-refractivity contribution < 1.29 is 19.1 Å². The van der Waals surface area contributed by atoms with Gasteiger partial charge in [-0.25, -0.2) is 0 Å². The minimum absolute atomic E-state index is 0.0345. The zero-order valence-corrected chi connectivity index (χ0v) is 13.0. The molecule has 0 radical (unpaired) electrons. The molecule has 0 N–H and O–H groups in total. The van der Waals surface area contributed by atoms with Crippen molar-refractivity contribution in [1.29, 1.82) is 0 Å². The molecule has 0 bridgehead atoms. The van der Waals surface area contributed by atoms with Gasteiger partial charge in [-0.1, -0.05) is 0 Å². The molecular formula is C12H20N2O4S2. The van der Waals surface area contributed by atoms with E-state index in [1.54, 1.807) is 0 Å². The normalized spacial score (nSPS) is 21.8. The van der Waals surface area contributed by atoms with Gasteiger partial charge in [0.2, 0.25) is 10.2 Å². The first-order valence-electron chi connectivity index (χ1n) is 6.74. The van der Waals surface area contributed by atoms with Gasteiger partial charge in [0.15, 0.2) is 0 Å². The highest BCUT2D eigenvalue weighted by molar-refractivity contribution is 8.87. The second kappa shape index (κ2) is 9.01. The Bertz CT molecular complexity index is 299. The van der Waals surface area contributed by atoms with E-state index in [0.717, 1.165) is 47.8 Å². The number of rotatable bonds is 4. The van der Waals surface area contributed by atoms with Gasteiger partial charge < -0.3 is 9.47 Å². The molecule has 0 spiro atoms. The van der Waals surface area contributed by atoms with Crippen molar-refractivity contribution in [3.05, 3.63) is 0 Å². The van der Waals surface area contributed by atoms with Crippen LogP contribution in [0, 0.1) is 0 Å². The average molecular weight is 320 g/mol. The first kappa shape index (κ1) is 16.3. The summed E-state index contributed by atoms with van der Waals surface area (Å²) in [5, 5.41) is 0.0689. The van der Waals surface area contributed by atoms with Crippen LogP contribution in [0.25, 0.3) is 0 Å². The van der Waals surface area contributed by atoms with Crippen LogP contribution >= 0.6 is 21.6 Å². The first-order chi connectivity index (χ1) is 9.74. The maximum atomic E-state index is 11.8. The van der Waals surface area contributed by atoms with E-state index in [4.69, 9.17) is 9.47 Å². The van der Waals surface area contributed by atoms with E-state index in [1.165, 1.54) is 0 Å². The standard InChI is InChI=1S/C12H20N2O4S2/c15-11(9-13-1-5-17-6-2-13)19-20-12(16)10-14-3-7-18-8-4-14/h1-10H2. The quantitative estimate of drug-likeness (QED) is 0.675. The fraction of sp³-hybridized carbons (Fsp3) is 0.833. The summed E-state index contributed by atoms with van der Waals surface area (Å²) < 4.78 is 10.5. The number of ether oxygens (including phenoxy) is 2. The third-order valence-electron chi connectivity index (χ3n) is 3.14. The van der Waals surface area contributed by atoms with Gasteiger partial charge in [0, 0.05) is 26.2 Å². The van der Waals surface area contributed by atoms with Gasteiger partial charge in [0.25, 0.3) is 0 Å². The predicted molar refractivity (Wildman–Crippen MR) is 79.7 cm³/mol. The van der Waals surface area contributed by atoms with Crippen LogP contribution in [0.3, 0.4) is 0 Å². The summed E-state index contributed by atoms with van der Waals surface area (Å²) in [6.45, 7) is 6.68. The number of hydrogen-bond donors (Lipinski definition) is 0. The van der Waals surface area contributed by atoms with E-state index in [9.17, 15) is 9.59 Å². The predicted octanol–water partition coefficient (Wildman–Crippen LogP) is 0.0854. The third-order valence-corrected chi connectivity index (χ3v) is 5.22. The van der Waals surface area contributed by atoms with E-state index in [0.29, 0.717) is 39.5 Å². The molecule has 114 valence electrons. The molecule has 0 aliphatic carbocycles. The molecule has 0 amide bonds. The number of carbonyl (C=O) groups excluding carboxylic acids is 2. The molecule has 2 saturated heterocycles. The van der Waals surface area contributed by atoms with Crippen LogP contribution in [0.1, 0.15) is 0 Å². The van der Waals surface area contributed by atoms with Crippen LogP contribution in [-0.2, 0) is 19.1 Å². The van der Waals surface area contributed by atoms with Gasteiger partial charge in [-0.05, 0) is 21.6 Å². The van der Waals surface area contributed by atoms with Gasteiger partial charge >= 0.3 is 0 Å². The summed E-state index contributed by atoms with van der Waals surface area (Å²) in [5.74, 6) is 0. The second-order valence-electron chi connectivity index (χ2n) is 4.69. The maximum Gasteiger partial charge on any atom is 0.213 e. The molecule has 0 unspecified atom stereocenters. The number of morpholine rings is 2. The topological polar surface area (TPSA) is 59.1 Å². The minimum atomic E-state index is 0.0345. The Hall–Kier alpha value is -0.120. The molecular weight excluding hydrogens is 300 g/mol. The highest BCUT2D eigenvalue weighted by Crippen LogP contribution is 2.24. The summed E-state index contributed by atoms with van der Waals surface area (Å²) in [6, 6.07) is 0. The lowest BCUT2D eigenvalue weighted by atomic mass is 10.4. The van der Waals surface area contributed by atoms with Crippen molar-refractivity contribution in [1.82, 2.24) is 9.80 Å². The molecule has 2 fully saturated rings. The lowest BCUT2D eigenvalue weighted by Crippen LogP contribution is -2.39. The highest BCUT2D eigenvalue weighted by Gasteiger charge is 2.18. The smallest absolute Gasteiger partial charge is 0.213 e. The summed E-state index contributed by atoms with van der Waals surface area (Å²) in [5.41, 5.74) is 0. The van der Waals surface area contributed by atoms with Gasteiger partial charge in [-0.3, -0.25) is 19.4 Å². The lowest BCUT2D eigenvalue weighted by molar-refractivity contribution is -0.114. The summed E-state index contributed by atoms with van der Waals surface area (Å²) >= 11 is 0. The van der Waals surface area contributed by atoms with E-state index < -0.39 is 0 Å². The van der Waals surface area contributed by atoms with Crippen LogP contribution in [-0.4, -0.2) is 85.7 Å². The van der Waals surface area contributed by atoms with Crippen molar-refractivity contribution in [3.8, 4) is 0 Å². The van der Waals surface area contributed by atoms with Crippen LogP contribution < -0.4 is 0 Å². The molecule has 6 nitrogen and oxygen atoms in total. The Labute approximate surface area is 126 Å². The molecule has 0 aromatic rings. The van der Waals surface area contributed by atoms with Crippen molar-refractivity contribution in [2.24, 2.45) is 0 Å². The average Bonchev–Trinajstić information content (AvgIpc) is 2.47. The van der Waals surface area contributed by atoms with Gasteiger partial charge in [-0.2, -0.15) is 0 Å². The molecule has 2 rings (SSSR count). The Morgan fingerprint density at radius 1 is 0.750 bits per heavy atom. The van der Waals surface area contributed by atoms with Crippen LogP contribution in [0.15, 0.2) is 0 Å². The van der Waals surface area contributed by atoms with E-state index in [1.807, 2.05) is 0 Å². The second-order valence-corrected chi connectivity index (χ2v) is 6.93. The Kier molecular flexibility index (Phi) is 7.32. The molecule has 0 aromatic heterocycles. The maximum absolute atomic E-state index is 11.8. The number of nitrogens with zero attached hydrogens (tertiary/aromatic N) is 2. The van der Waals surface area contributed by atoms with Crippen LogP contribution in [0.4, 0.5) is 0 Å². The van der Waals surface area contributed by atoms with E-state index in [-0.39, 0.29) is 10.2 Å². The number of hydrogen-bond acceptors (Lipinski definition) is 8. The fourth-order valence-corrected chi connectivity index (χ4v) is 3.56. The van der Waals surface area contributed by atoms with Gasteiger partial charge in [0.1, 0.15) is 0 Å². The van der Waals surface area contributed by atoms with Crippen LogP contribution in [0.2, 0.25) is 0 Å². The molecule has 2 aliphatic rings. The Morgan fingerprint density at radius 2 is 1.10 bits per heavy atom. The van der Waals surface area contributed by atoms with Crippen molar-refractivity contribution in [2.45, 2.75) is 0 Å². The SMILES string of the molecule is O=C(CN1CCOCC1)SSC(=O)CN1CCOCC1. The highest BCUT2D eigenvalue weighted by atomic mass is 33.1. The largest absolute Gasteiger partial charge is 0.379 e. The molecule has 0 saturated carbocycles. The van der Waals surface area contributed by atoms with Crippen molar-refractivity contribution in [2.75, 3.05) is 65.7 Å². The zero-order chi connectivity index (χ0) is 14.2. The fourth-order valence-electron chi connectivity index (χ4n) is 2.03. The van der Waals surface area contributed by atoms with Crippen molar-refractivity contribution in [3.63, 3.8) is 0 Å². The lowest BCUT2D eigenvalue weighted by Gasteiger charge is -2.26. The molecule has 8 heteroatoms. The zero-order valence-electron chi connectivity index (χ0n) is 11.4. The van der Waals surface area contributed by atoms with Crippen molar-refractivity contribution >= 4 is 31.8 Å². The number of carbonyl (C=O) groups is 2. The van der Waals surface area contributed by atoms with Crippen LogP contribution in [0.5, 0.6) is 0 Å². The van der Waals surface area contributed by atoms with Gasteiger partial charge in [0.05, 0.1) is 39.5 Å². The van der Waals surface area contributed by atoms with E-state index in [2.05, 4.69) is 9.80 Å². The molecule has 0 atom stereocenters. The molecule has 2 aliphatic heterocycles. The van der Waals surface area contributed by atoms with E-state index >= 15 is 0 Å². The molecule has 2 heterocycles. The molecule has 0 aromatic carbocycles. The Morgan fingerprint density at radius 3 is 1.45 bits per heavy atom. The third kappa shape index (κ3) is 6.11. The summed E-state index contributed by atoms with van der Waals surface area (Å²) in [7, 11) is 2.11. The first-order valence-corrected chi connectivity index (χ1v) is 8.89. The Balaban J connectivity index is 1.58.